The lowest BCUT2D eigenvalue weighted by atomic mass is 9.85. The zero-order valence-corrected chi connectivity index (χ0v) is 6.00. The van der Waals surface area contributed by atoms with Gasteiger partial charge in [-0.2, -0.15) is 0 Å². The van der Waals surface area contributed by atoms with Crippen LogP contribution in [0.2, 0.25) is 0 Å². The summed E-state index contributed by atoms with van der Waals surface area (Å²) in [6, 6.07) is 0. The van der Waals surface area contributed by atoms with E-state index in [1.54, 1.807) is 6.92 Å². The van der Waals surface area contributed by atoms with Gasteiger partial charge in [0.25, 0.3) is 0 Å². The summed E-state index contributed by atoms with van der Waals surface area (Å²) in [6.07, 6.45) is 4.76. The molecule has 0 amide bonds. The Labute approximate surface area is 62.0 Å². The number of rotatable bonds is 1. The summed E-state index contributed by atoms with van der Waals surface area (Å²) in [5, 5.41) is 8.72. The number of aliphatic carboxylic acids is 1. The predicted molar refractivity (Wildman–Crippen MR) is 38.7 cm³/mol. The normalized spacial score (nSPS) is 40.9. The molecule has 1 rings (SSSR count). The van der Waals surface area contributed by atoms with E-state index >= 15 is 0 Å². The first kappa shape index (κ1) is 5.96. The van der Waals surface area contributed by atoms with Crippen molar-refractivity contribution in [1.29, 1.82) is 0 Å². The fourth-order valence-electron chi connectivity index (χ4n) is 1.16. The number of hydrogen-bond donors (Lipinski definition) is 1. The van der Waals surface area contributed by atoms with Gasteiger partial charge in [0.1, 0.15) is 0 Å². The molecule has 0 aliphatic heterocycles. The third-order valence-corrected chi connectivity index (χ3v) is 1.87. The number of carboxylic acid groups (broad SMARTS) is 1. The fourth-order valence-corrected chi connectivity index (χ4v) is 1.16. The first-order valence-electron chi connectivity index (χ1n) is 3.92. The van der Waals surface area contributed by atoms with Gasteiger partial charge in [-0.05, 0) is 18.7 Å². The summed E-state index contributed by atoms with van der Waals surface area (Å²) in [6.45, 7) is 1.68. The van der Waals surface area contributed by atoms with E-state index in [0.29, 0.717) is 12.8 Å². The average molecular weight is 141 g/mol. The van der Waals surface area contributed by atoms with E-state index in [9.17, 15) is 4.79 Å². The van der Waals surface area contributed by atoms with E-state index in [4.69, 9.17) is 6.48 Å². The number of carbonyl (C=O) groups is 1. The minimum Gasteiger partial charge on any atom is -0.481 e. The third-order valence-electron chi connectivity index (χ3n) is 1.87. The van der Waals surface area contributed by atoms with Gasteiger partial charge in [0.2, 0.25) is 0 Å². The highest BCUT2D eigenvalue weighted by atomic mass is 16.4. The maximum absolute atomic E-state index is 10.6. The van der Waals surface area contributed by atoms with E-state index in [1.807, 2.05) is 12.2 Å². The van der Waals surface area contributed by atoms with E-state index in [-0.39, 0.29) is 0 Å². The standard InChI is InChI=1S/C8H12O2/c1-6-4-2-3-5-7(6)8(9)10/h2-3,6-7H,4-5H2,1H3,(H,9,10)/i6D. The molecule has 0 saturated carbocycles. The molecule has 1 N–H and O–H groups in total. The Morgan fingerprint density at radius 1 is 1.70 bits per heavy atom. The number of allylic oxidation sites excluding steroid dienone is 2. The van der Waals surface area contributed by atoms with Crippen molar-refractivity contribution in [3.63, 3.8) is 0 Å². The van der Waals surface area contributed by atoms with Gasteiger partial charge >= 0.3 is 5.97 Å². The van der Waals surface area contributed by atoms with Crippen molar-refractivity contribution in [3.05, 3.63) is 12.2 Å². The first-order chi connectivity index (χ1) is 5.04. The summed E-state index contributed by atoms with van der Waals surface area (Å²) in [5.41, 5.74) is 0. The molecule has 0 heterocycles. The van der Waals surface area contributed by atoms with Crippen LogP contribution in [0.25, 0.3) is 0 Å². The Hall–Kier alpha value is -0.790. The molecule has 0 aromatic carbocycles. The van der Waals surface area contributed by atoms with Crippen LogP contribution in [0.15, 0.2) is 12.2 Å². The Kier molecular flexibility index (Phi) is 1.70. The van der Waals surface area contributed by atoms with Gasteiger partial charge in [-0.3, -0.25) is 4.79 Å². The molecule has 0 radical (unpaired) electrons. The molecule has 10 heavy (non-hydrogen) atoms. The molecule has 2 nitrogen and oxygen atoms in total. The Bertz CT molecular complexity index is 196. The molecule has 0 saturated heterocycles. The van der Waals surface area contributed by atoms with Crippen molar-refractivity contribution in [2.75, 3.05) is 0 Å². The molecule has 2 atom stereocenters. The van der Waals surface area contributed by atoms with Crippen molar-refractivity contribution in [2.45, 2.75) is 19.8 Å². The molecular formula is C8H12O2. The molecule has 0 fully saturated rings. The second kappa shape index (κ2) is 2.86. The summed E-state index contributed by atoms with van der Waals surface area (Å²) in [5.74, 6) is -2.21. The Morgan fingerprint density at radius 2 is 2.30 bits per heavy atom. The van der Waals surface area contributed by atoms with Gasteiger partial charge < -0.3 is 5.11 Å². The average Bonchev–Trinajstić information content (AvgIpc) is 1.85. The molecule has 1 aliphatic rings. The highest BCUT2D eigenvalue weighted by Crippen LogP contribution is 2.24. The smallest absolute Gasteiger partial charge is 0.307 e. The number of carboxylic acids is 1. The zero-order chi connectivity index (χ0) is 8.48. The van der Waals surface area contributed by atoms with E-state index in [1.165, 1.54) is 0 Å². The van der Waals surface area contributed by atoms with Crippen molar-refractivity contribution in [3.8, 4) is 0 Å². The van der Waals surface area contributed by atoms with Crippen LogP contribution in [-0.2, 0) is 4.79 Å². The van der Waals surface area contributed by atoms with Gasteiger partial charge in [0.15, 0.2) is 0 Å². The van der Waals surface area contributed by atoms with Crippen LogP contribution in [0.5, 0.6) is 0 Å². The lowest BCUT2D eigenvalue weighted by Crippen LogP contribution is -2.22. The van der Waals surface area contributed by atoms with Gasteiger partial charge in [-0.1, -0.05) is 19.1 Å². The van der Waals surface area contributed by atoms with Crippen molar-refractivity contribution in [2.24, 2.45) is 11.8 Å². The Balaban J connectivity index is 2.78. The van der Waals surface area contributed by atoms with Crippen LogP contribution in [0.4, 0.5) is 0 Å². The summed E-state index contributed by atoms with van der Waals surface area (Å²) in [7, 11) is 0. The van der Waals surface area contributed by atoms with Gasteiger partial charge in [-0.15, -0.1) is 0 Å². The van der Waals surface area contributed by atoms with Crippen LogP contribution in [0.3, 0.4) is 0 Å². The minimum absolute atomic E-state index is 0.495. The molecular weight excluding hydrogens is 128 g/mol. The molecule has 56 valence electrons. The molecule has 2 heteroatoms. The monoisotopic (exact) mass is 141 g/mol. The second-order valence-electron chi connectivity index (χ2n) is 2.65. The maximum Gasteiger partial charge on any atom is 0.307 e. The lowest BCUT2D eigenvalue weighted by Gasteiger charge is -2.20. The molecule has 1 aliphatic carbocycles. The van der Waals surface area contributed by atoms with Crippen molar-refractivity contribution < 1.29 is 11.3 Å². The first-order valence-corrected chi connectivity index (χ1v) is 3.42. The van der Waals surface area contributed by atoms with Crippen LogP contribution in [-0.4, -0.2) is 11.1 Å². The predicted octanol–water partition coefficient (Wildman–Crippen LogP) is 1.67. The number of hydrogen-bond acceptors (Lipinski definition) is 1. The SMILES string of the molecule is [2H]C1(C)CC=CCC1C(=O)O. The largest absolute Gasteiger partial charge is 0.481 e. The highest BCUT2D eigenvalue weighted by Gasteiger charge is 2.24. The zero-order valence-electron chi connectivity index (χ0n) is 7.00. The van der Waals surface area contributed by atoms with Crippen LogP contribution < -0.4 is 0 Å². The summed E-state index contributed by atoms with van der Waals surface area (Å²) < 4.78 is 7.68. The lowest BCUT2D eigenvalue weighted by molar-refractivity contribution is -0.143. The van der Waals surface area contributed by atoms with Gasteiger partial charge in [-0.25, -0.2) is 0 Å². The quantitative estimate of drug-likeness (QED) is 0.564. The third kappa shape index (κ3) is 1.38. The van der Waals surface area contributed by atoms with Crippen LogP contribution >= 0.6 is 0 Å². The molecule has 0 bridgehead atoms. The summed E-state index contributed by atoms with van der Waals surface area (Å²) >= 11 is 0. The second-order valence-corrected chi connectivity index (χ2v) is 2.65. The van der Waals surface area contributed by atoms with E-state index in [2.05, 4.69) is 0 Å². The van der Waals surface area contributed by atoms with Crippen molar-refractivity contribution >= 4 is 5.97 Å². The minimum atomic E-state index is -0.855. The van der Waals surface area contributed by atoms with Crippen LogP contribution in [0, 0.1) is 11.8 Å². The summed E-state index contributed by atoms with van der Waals surface area (Å²) in [4.78, 5) is 10.6. The topological polar surface area (TPSA) is 37.3 Å². The van der Waals surface area contributed by atoms with Crippen molar-refractivity contribution in [1.82, 2.24) is 0 Å². The maximum atomic E-state index is 10.6. The van der Waals surface area contributed by atoms with E-state index < -0.39 is 17.8 Å². The Morgan fingerprint density at radius 3 is 2.70 bits per heavy atom. The molecule has 2 unspecified atom stereocenters. The molecule has 0 spiro atoms. The van der Waals surface area contributed by atoms with Gasteiger partial charge in [0.05, 0.1) is 5.92 Å². The highest BCUT2D eigenvalue weighted by molar-refractivity contribution is 5.70. The molecule has 0 aromatic rings. The van der Waals surface area contributed by atoms with Gasteiger partial charge in [0, 0.05) is 1.37 Å². The van der Waals surface area contributed by atoms with Crippen LogP contribution in [0.1, 0.15) is 21.1 Å². The van der Waals surface area contributed by atoms with E-state index in [0.717, 1.165) is 0 Å². The fraction of sp³-hybridized carbons (Fsp3) is 0.625. The molecule has 0 aromatic heterocycles.